The van der Waals surface area contributed by atoms with Gasteiger partial charge in [-0.05, 0) is 34.2 Å². The Kier molecular flexibility index (Phi) is 6.16. The molecule has 0 rings (SSSR count). The number of hydrogen-bond acceptors (Lipinski definition) is 3. The van der Waals surface area contributed by atoms with E-state index in [1.54, 1.807) is 32.7 Å². The maximum Gasteiger partial charge on any atom is 0.244 e. The maximum atomic E-state index is 11.9. The van der Waals surface area contributed by atoms with Crippen LogP contribution in [-0.4, -0.2) is 48.4 Å². The zero-order valence-corrected chi connectivity index (χ0v) is 11.8. The van der Waals surface area contributed by atoms with Crippen molar-refractivity contribution in [3.05, 3.63) is 0 Å². The molecule has 0 aromatic heterocycles. The lowest BCUT2D eigenvalue weighted by Gasteiger charge is -2.27. The zero-order valence-electron chi connectivity index (χ0n) is 11.8. The van der Waals surface area contributed by atoms with Crippen LogP contribution in [0, 0.1) is 0 Å². The Hall–Kier alpha value is -1.10. The first-order valence-corrected chi connectivity index (χ1v) is 6.07. The van der Waals surface area contributed by atoms with E-state index in [2.05, 4.69) is 10.6 Å². The van der Waals surface area contributed by atoms with Crippen LogP contribution < -0.4 is 10.6 Å². The predicted octanol–water partition coefficient (Wildman–Crippen LogP) is 0.358. The van der Waals surface area contributed by atoms with Gasteiger partial charge < -0.3 is 15.5 Å². The van der Waals surface area contributed by atoms with E-state index in [9.17, 15) is 9.59 Å². The van der Waals surface area contributed by atoms with Gasteiger partial charge in [0.05, 0.1) is 5.54 Å². The SMILES string of the molecule is CCNC(C)(C)C(=O)NC(C)C(=O)N(C)CC. The molecule has 0 spiro atoms. The number of nitrogens with zero attached hydrogens (tertiary/aromatic N) is 1. The number of amides is 2. The Balaban J connectivity index is 4.44. The molecule has 1 unspecified atom stereocenters. The van der Waals surface area contributed by atoms with Crippen LogP contribution in [0.3, 0.4) is 0 Å². The van der Waals surface area contributed by atoms with Gasteiger partial charge in [0, 0.05) is 13.6 Å². The number of carbonyl (C=O) groups excluding carboxylic acids is 2. The third kappa shape index (κ3) is 4.73. The summed E-state index contributed by atoms with van der Waals surface area (Å²) in [6, 6.07) is -0.495. The molecule has 0 aromatic carbocycles. The van der Waals surface area contributed by atoms with Crippen molar-refractivity contribution in [3.63, 3.8) is 0 Å². The predicted molar refractivity (Wildman–Crippen MR) is 68.7 cm³/mol. The molecule has 0 aliphatic heterocycles. The number of likely N-dealkylation sites (N-methyl/N-ethyl adjacent to an activating group) is 2. The van der Waals surface area contributed by atoms with E-state index in [4.69, 9.17) is 0 Å². The molecular weight excluding hydrogens is 218 g/mol. The summed E-state index contributed by atoms with van der Waals surface area (Å²) in [5, 5.41) is 5.80. The van der Waals surface area contributed by atoms with Crippen molar-refractivity contribution in [2.45, 2.75) is 46.2 Å². The Morgan fingerprint density at radius 3 is 2.24 bits per heavy atom. The molecule has 0 aliphatic carbocycles. The Bertz CT molecular complexity index is 277. The minimum atomic E-state index is -0.659. The summed E-state index contributed by atoms with van der Waals surface area (Å²) in [4.78, 5) is 25.3. The van der Waals surface area contributed by atoms with E-state index < -0.39 is 11.6 Å². The van der Waals surface area contributed by atoms with Crippen LogP contribution in [0.4, 0.5) is 0 Å². The van der Waals surface area contributed by atoms with Gasteiger partial charge in [-0.25, -0.2) is 0 Å². The third-order valence-corrected chi connectivity index (χ3v) is 2.75. The average molecular weight is 243 g/mol. The molecule has 0 fully saturated rings. The average Bonchev–Trinajstić information content (AvgIpc) is 2.26. The molecule has 0 aromatic rings. The lowest BCUT2D eigenvalue weighted by Crippen LogP contribution is -2.57. The summed E-state index contributed by atoms with van der Waals surface area (Å²) >= 11 is 0. The van der Waals surface area contributed by atoms with Crippen LogP contribution >= 0.6 is 0 Å². The molecule has 1 atom stereocenters. The molecule has 0 heterocycles. The molecule has 2 amide bonds. The number of rotatable bonds is 6. The van der Waals surface area contributed by atoms with Gasteiger partial charge in [0.2, 0.25) is 11.8 Å². The highest BCUT2D eigenvalue weighted by Crippen LogP contribution is 2.03. The first-order valence-electron chi connectivity index (χ1n) is 6.07. The summed E-state index contributed by atoms with van der Waals surface area (Å²) in [6.07, 6.45) is 0. The Morgan fingerprint density at radius 1 is 1.29 bits per heavy atom. The first-order chi connectivity index (χ1) is 7.76. The molecular formula is C12H25N3O2. The van der Waals surface area contributed by atoms with Crippen LogP contribution in [0.1, 0.15) is 34.6 Å². The molecule has 0 saturated carbocycles. The van der Waals surface area contributed by atoms with Gasteiger partial charge in [0.15, 0.2) is 0 Å². The number of carbonyl (C=O) groups is 2. The van der Waals surface area contributed by atoms with Crippen LogP contribution in [0.25, 0.3) is 0 Å². The van der Waals surface area contributed by atoms with E-state index >= 15 is 0 Å². The van der Waals surface area contributed by atoms with Crippen molar-refractivity contribution < 1.29 is 9.59 Å². The second kappa shape index (κ2) is 6.59. The van der Waals surface area contributed by atoms with Crippen molar-refractivity contribution in [3.8, 4) is 0 Å². The highest BCUT2D eigenvalue weighted by Gasteiger charge is 2.29. The summed E-state index contributed by atoms with van der Waals surface area (Å²) in [5.41, 5.74) is -0.659. The normalized spacial score (nSPS) is 13.1. The van der Waals surface area contributed by atoms with Crippen molar-refractivity contribution in [1.29, 1.82) is 0 Å². The van der Waals surface area contributed by atoms with Gasteiger partial charge >= 0.3 is 0 Å². The van der Waals surface area contributed by atoms with Gasteiger partial charge in [0.25, 0.3) is 0 Å². The third-order valence-electron chi connectivity index (χ3n) is 2.75. The maximum absolute atomic E-state index is 11.9. The minimum Gasteiger partial charge on any atom is -0.344 e. The van der Waals surface area contributed by atoms with Gasteiger partial charge in [-0.1, -0.05) is 6.92 Å². The molecule has 0 bridgehead atoms. The second-order valence-corrected chi connectivity index (χ2v) is 4.70. The Labute approximate surface area is 104 Å². The van der Waals surface area contributed by atoms with Crippen molar-refractivity contribution in [2.75, 3.05) is 20.1 Å². The van der Waals surface area contributed by atoms with Crippen molar-refractivity contribution in [1.82, 2.24) is 15.5 Å². The molecule has 0 radical (unpaired) electrons. The standard InChI is InChI=1S/C12H25N3O2/c1-7-13-12(4,5)11(17)14-9(3)10(16)15(6)8-2/h9,13H,7-8H2,1-6H3,(H,14,17). The van der Waals surface area contributed by atoms with Crippen molar-refractivity contribution >= 4 is 11.8 Å². The van der Waals surface area contributed by atoms with E-state index in [-0.39, 0.29) is 11.8 Å². The van der Waals surface area contributed by atoms with E-state index in [0.717, 1.165) is 0 Å². The fourth-order valence-corrected chi connectivity index (χ4v) is 1.45. The van der Waals surface area contributed by atoms with Gasteiger partial charge in [-0.2, -0.15) is 0 Å². The molecule has 0 aliphatic rings. The lowest BCUT2D eigenvalue weighted by molar-refractivity contribution is -0.136. The largest absolute Gasteiger partial charge is 0.344 e. The van der Waals surface area contributed by atoms with E-state index in [1.807, 2.05) is 13.8 Å². The highest BCUT2D eigenvalue weighted by atomic mass is 16.2. The summed E-state index contributed by atoms with van der Waals surface area (Å²) in [6.45, 7) is 10.5. The molecule has 2 N–H and O–H groups in total. The van der Waals surface area contributed by atoms with Gasteiger partial charge in [-0.15, -0.1) is 0 Å². The van der Waals surface area contributed by atoms with Crippen LogP contribution in [0.5, 0.6) is 0 Å². The summed E-state index contributed by atoms with van der Waals surface area (Å²) in [7, 11) is 1.72. The molecule has 5 nitrogen and oxygen atoms in total. The lowest BCUT2D eigenvalue weighted by atomic mass is 10.0. The van der Waals surface area contributed by atoms with E-state index in [1.165, 1.54) is 0 Å². The summed E-state index contributed by atoms with van der Waals surface area (Å²) < 4.78 is 0. The first kappa shape index (κ1) is 15.9. The van der Waals surface area contributed by atoms with E-state index in [0.29, 0.717) is 13.1 Å². The quantitative estimate of drug-likeness (QED) is 0.708. The monoisotopic (exact) mass is 243 g/mol. The topological polar surface area (TPSA) is 61.4 Å². The summed E-state index contributed by atoms with van der Waals surface area (Å²) in [5.74, 6) is -0.238. The zero-order chi connectivity index (χ0) is 13.6. The molecule has 0 saturated heterocycles. The van der Waals surface area contributed by atoms with Crippen LogP contribution in [-0.2, 0) is 9.59 Å². The Morgan fingerprint density at radius 2 is 1.82 bits per heavy atom. The van der Waals surface area contributed by atoms with Gasteiger partial charge in [-0.3, -0.25) is 9.59 Å². The molecule has 5 heteroatoms. The minimum absolute atomic E-state index is 0.0758. The number of hydrogen-bond donors (Lipinski definition) is 2. The number of nitrogens with one attached hydrogen (secondary N) is 2. The second-order valence-electron chi connectivity index (χ2n) is 4.70. The fraction of sp³-hybridized carbons (Fsp3) is 0.833. The van der Waals surface area contributed by atoms with Gasteiger partial charge in [0.1, 0.15) is 6.04 Å². The smallest absolute Gasteiger partial charge is 0.244 e. The molecule has 17 heavy (non-hydrogen) atoms. The van der Waals surface area contributed by atoms with Crippen LogP contribution in [0.15, 0.2) is 0 Å². The fourth-order valence-electron chi connectivity index (χ4n) is 1.45. The van der Waals surface area contributed by atoms with Crippen molar-refractivity contribution in [2.24, 2.45) is 0 Å². The molecule has 100 valence electrons. The van der Waals surface area contributed by atoms with Crippen LogP contribution in [0.2, 0.25) is 0 Å². The highest BCUT2D eigenvalue weighted by molar-refractivity contribution is 5.91.